The zero-order valence-electron chi connectivity index (χ0n) is 17.2. The zero-order chi connectivity index (χ0) is 21.5. The summed E-state index contributed by atoms with van der Waals surface area (Å²) in [6.07, 6.45) is 0.746. The van der Waals surface area contributed by atoms with Gasteiger partial charge in [-0.05, 0) is 32.4 Å². The quantitative estimate of drug-likeness (QED) is 0.306. The summed E-state index contributed by atoms with van der Waals surface area (Å²) in [6.45, 7) is 4.86. The molecule has 1 aromatic carbocycles. The Balaban J connectivity index is 1.78. The van der Waals surface area contributed by atoms with Gasteiger partial charge < -0.3 is 19.8 Å². The van der Waals surface area contributed by atoms with Crippen LogP contribution in [0.3, 0.4) is 0 Å². The molecule has 0 aliphatic carbocycles. The van der Waals surface area contributed by atoms with Crippen molar-refractivity contribution < 1.29 is 18.7 Å². The minimum absolute atomic E-state index is 0.124. The Kier molecular flexibility index (Phi) is 7.42. The van der Waals surface area contributed by atoms with Crippen LogP contribution < -0.4 is 10.6 Å². The summed E-state index contributed by atoms with van der Waals surface area (Å²) in [6, 6.07) is 8.89. The number of ether oxygens (including phenoxy) is 1. The van der Waals surface area contributed by atoms with Crippen LogP contribution in [0.15, 0.2) is 39.9 Å². The van der Waals surface area contributed by atoms with Crippen molar-refractivity contribution in [2.75, 3.05) is 31.3 Å². The lowest BCUT2D eigenvalue weighted by molar-refractivity contribution is -0.118. The van der Waals surface area contributed by atoms with Crippen molar-refractivity contribution in [1.29, 1.82) is 0 Å². The highest BCUT2D eigenvalue weighted by Crippen LogP contribution is 2.31. The highest BCUT2D eigenvalue weighted by Gasteiger charge is 2.19. The Morgan fingerprint density at radius 1 is 1.17 bits per heavy atom. The molecule has 0 bridgehead atoms. The molecular weight excluding hydrogens is 404 g/mol. The number of carbonyl (C=O) groups excluding carboxylic acids is 2. The molecule has 0 aliphatic rings. The van der Waals surface area contributed by atoms with Gasteiger partial charge in [0.05, 0.1) is 11.1 Å². The van der Waals surface area contributed by atoms with Crippen molar-refractivity contribution in [3.05, 3.63) is 47.2 Å². The summed E-state index contributed by atoms with van der Waals surface area (Å²) in [5.41, 5.74) is 1.76. The molecule has 30 heavy (non-hydrogen) atoms. The molecule has 2 amide bonds. The van der Waals surface area contributed by atoms with E-state index in [9.17, 15) is 9.59 Å². The lowest BCUT2D eigenvalue weighted by atomic mass is 10.2. The third kappa shape index (κ3) is 5.37. The average Bonchev–Trinajstić information content (AvgIpc) is 3.04. The van der Waals surface area contributed by atoms with Crippen LogP contribution in [0.25, 0.3) is 11.1 Å². The van der Waals surface area contributed by atoms with Crippen molar-refractivity contribution in [2.24, 2.45) is 0 Å². The fourth-order valence-corrected chi connectivity index (χ4v) is 3.45. The number of anilines is 1. The second-order valence-electron chi connectivity index (χ2n) is 6.62. The van der Waals surface area contributed by atoms with Gasteiger partial charge in [-0.2, -0.15) is 4.98 Å². The smallest absolute Gasteiger partial charge is 0.256 e. The van der Waals surface area contributed by atoms with Crippen LogP contribution in [0, 0.1) is 13.8 Å². The normalized spacial score (nSPS) is 10.9. The fourth-order valence-electron chi connectivity index (χ4n) is 2.78. The number of rotatable bonds is 9. The summed E-state index contributed by atoms with van der Waals surface area (Å²) in [4.78, 5) is 33.6. The summed E-state index contributed by atoms with van der Waals surface area (Å²) in [5, 5.41) is 6.68. The molecule has 0 fully saturated rings. The van der Waals surface area contributed by atoms with E-state index >= 15 is 0 Å². The Labute approximate surface area is 178 Å². The molecule has 0 saturated carbocycles. The molecular formula is C21H24N4O4S. The number of nitrogens with one attached hydrogen (secondary N) is 2. The first-order valence-corrected chi connectivity index (χ1v) is 10.5. The number of aryl methyl sites for hydroxylation is 2. The molecule has 0 spiro atoms. The molecule has 9 heteroatoms. The maximum atomic E-state index is 12.6. The number of amides is 2. The van der Waals surface area contributed by atoms with Gasteiger partial charge in [0.2, 0.25) is 11.6 Å². The second-order valence-corrected chi connectivity index (χ2v) is 7.57. The number of thioether (sulfide) groups is 1. The number of furan rings is 1. The molecule has 0 aliphatic heterocycles. The van der Waals surface area contributed by atoms with E-state index in [0.717, 1.165) is 12.0 Å². The Hall–Kier alpha value is -2.91. The minimum Gasteiger partial charge on any atom is -0.443 e. The van der Waals surface area contributed by atoms with Crippen LogP contribution in [0.4, 0.5) is 5.82 Å². The number of hydrogen-bond donors (Lipinski definition) is 2. The predicted molar refractivity (Wildman–Crippen MR) is 116 cm³/mol. The lowest BCUT2D eigenvalue weighted by Gasteiger charge is -2.08. The standard InChI is InChI=1S/C21H24N4O4S/c1-13-14(2)29-20-17(13)18(23-19(27)15-8-5-4-6-9-15)24-21(25-20)30-12-16(26)22-10-7-11-28-3/h4-6,8-9H,7,10-12H2,1-3H3,(H,22,26)(H,23,24,25,27). The molecule has 158 valence electrons. The molecule has 0 unspecified atom stereocenters. The van der Waals surface area contributed by atoms with Crippen molar-refractivity contribution in [3.8, 4) is 0 Å². The van der Waals surface area contributed by atoms with Gasteiger partial charge >= 0.3 is 0 Å². The number of carbonyl (C=O) groups is 2. The van der Waals surface area contributed by atoms with Crippen LogP contribution in [0.5, 0.6) is 0 Å². The van der Waals surface area contributed by atoms with E-state index in [-0.39, 0.29) is 17.6 Å². The SMILES string of the molecule is COCCCNC(=O)CSc1nc(NC(=O)c2ccccc2)c2c(C)c(C)oc2n1. The van der Waals surface area contributed by atoms with Crippen LogP contribution in [0.1, 0.15) is 28.1 Å². The Morgan fingerprint density at radius 3 is 2.67 bits per heavy atom. The highest BCUT2D eigenvalue weighted by molar-refractivity contribution is 7.99. The molecule has 2 N–H and O–H groups in total. The van der Waals surface area contributed by atoms with Gasteiger partial charge in [0.15, 0.2) is 5.16 Å². The predicted octanol–water partition coefficient (Wildman–Crippen LogP) is 3.34. The molecule has 0 saturated heterocycles. The van der Waals surface area contributed by atoms with Gasteiger partial charge in [0.25, 0.3) is 5.91 Å². The third-order valence-corrected chi connectivity index (χ3v) is 5.30. The first-order chi connectivity index (χ1) is 14.5. The van der Waals surface area contributed by atoms with Crippen molar-refractivity contribution >= 4 is 40.5 Å². The fraction of sp³-hybridized carbons (Fsp3) is 0.333. The minimum atomic E-state index is -0.277. The van der Waals surface area contributed by atoms with E-state index in [1.807, 2.05) is 19.9 Å². The van der Waals surface area contributed by atoms with Crippen molar-refractivity contribution in [3.63, 3.8) is 0 Å². The first kappa shape index (κ1) is 21.8. The van der Waals surface area contributed by atoms with Crippen LogP contribution in [0.2, 0.25) is 0 Å². The lowest BCUT2D eigenvalue weighted by Crippen LogP contribution is -2.26. The third-order valence-electron chi connectivity index (χ3n) is 4.46. The molecule has 8 nitrogen and oxygen atoms in total. The van der Waals surface area contributed by atoms with Crippen LogP contribution >= 0.6 is 11.8 Å². The topological polar surface area (TPSA) is 106 Å². The van der Waals surface area contributed by atoms with Gasteiger partial charge in [-0.3, -0.25) is 9.59 Å². The number of hydrogen-bond acceptors (Lipinski definition) is 7. The molecule has 2 aromatic heterocycles. The van der Waals surface area contributed by atoms with E-state index in [1.165, 1.54) is 11.8 Å². The second kappa shape index (κ2) is 10.2. The van der Waals surface area contributed by atoms with Crippen molar-refractivity contribution in [2.45, 2.75) is 25.4 Å². The average molecular weight is 429 g/mol. The van der Waals surface area contributed by atoms with E-state index in [2.05, 4.69) is 20.6 Å². The number of aromatic nitrogens is 2. The van der Waals surface area contributed by atoms with E-state index in [1.54, 1.807) is 31.4 Å². The largest absolute Gasteiger partial charge is 0.443 e. The summed E-state index contributed by atoms with van der Waals surface area (Å²) < 4.78 is 10.7. The summed E-state index contributed by atoms with van der Waals surface area (Å²) in [7, 11) is 1.62. The number of methoxy groups -OCH3 is 1. The maximum absolute atomic E-state index is 12.6. The first-order valence-electron chi connectivity index (χ1n) is 9.52. The Morgan fingerprint density at radius 2 is 1.93 bits per heavy atom. The number of nitrogens with zero attached hydrogens (tertiary/aromatic N) is 2. The van der Waals surface area contributed by atoms with E-state index in [0.29, 0.717) is 46.5 Å². The molecule has 3 rings (SSSR count). The van der Waals surface area contributed by atoms with E-state index < -0.39 is 0 Å². The number of benzene rings is 1. The Bertz CT molecular complexity index is 1040. The summed E-state index contributed by atoms with van der Waals surface area (Å²) >= 11 is 1.18. The highest BCUT2D eigenvalue weighted by atomic mass is 32.2. The van der Waals surface area contributed by atoms with Gasteiger partial charge in [-0.1, -0.05) is 30.0 Å². The van der Waals surface area contributed by atoms with Gasteiger partial charge in [0, 0.05) is 31.4 Å². The van der Waals surface area contributed by atoms with Gasteiger partial charge in [0.1, 0.15) is 11.6 Å². The van der Waals surface area contributed by atoms with Gasteiger partial charge in [-0.15, -0.1) is 0 Å². The molecule has 3 aromatic rings. The molecule has 0 atom stereocenters. The van der Waals surface area contributed by atoms with E-state index in [4.69, 9.17) is 9.15 Å². The monoisotopic (exact) mass is 428 g/mol. The van der Waals surface area contributed by atoms with Crippen molar-refractivity contribution in [1.82, 2.24) is 15.3 Å². The van der Waals surface area contributed by atoms with Crippen LogP contribution in [-0.2, 0) is 9.53 Å². The molecule has 0 radical (unpaired) electrons. The maximum Gasteiger partial charge on any atom is 0.256 e. The van der Waals surface area contributed by atoms with Gasteiger partial charge in [-0.25, -0.2) is 4.98 Å². The van der Waals surface area contributed by atoms with Crippen LogP contribution in [-0.4, -0.2) is 47.8 Å². The number of fused-ring (bicyclic) bond motifs is 1. The zero-order valence-corrected chi connectivity index (χ0v) is 18.0. The summed E-state index contributed by atoms with van der Waals surface area (Å²) in [5.74, 6) is 0.824. The molecule has 2 heterocycles.